The van der Waals surface area contributed by atoms with Crippen molar-refractivity contribution in [3.8, 4) is 0 Å². The fourth-order valence-electron chi connectivity index (χ4n) is 4.81. The van der Waals surface area contributed by atoms with Crippen LogP contribution in [0.1, 0.15) is 32.1 Å². The Morgan fingerprint density at radius 2 is 1.60 bits per heavy atom. The standard InChI is InChI=1S/C21H29FN4O2.2ClH/c22-16-1-3-17(4-2-16)24-20(27)14-25-7-9-26(10-8-25)21(28)13-15-11-18-5-6-19(12-15)23-18;;/h1-4,15,18-19,23H,5-14H2,(H,24,27);2*1H. The van der Waals surface area contributed by atoms with Gasteiger partial charge in [-0.05, 0) is 55.9 Å². The Balaban J connectivity index is 0.00000160. The van der Waals surface area contributed by atoms with Gasteiger partial charge in [-0.3, -0.25) is 14.5 Å². The van der Waals surface area contributed by atoms with E-state index in [1.165, 1.54) is 25.0 Å². The van der Waals surface area contributed by atoms with E-state index in [0.717, 1.165) is 12.8 Å². The lowest BCUT2D eigenvalue weighted by molar-refractivity contribution is -0.134. The molecule has 0 aromatic heterocycles. The Kier molecular flexibility index (Phi) is 9.34. The summed E-state index contributed by atoms with van der Waals surface area (Å²) in [5.41, 5.74) is 0.594. The summed E-state index contributed by atoms with van der Waals surface area (Å²) in [5, 5.41) is 6.41. The van der Waals surface area contributed by atoms with Gasteiger partial charge in [0, 0.05) is 50.4 Å². The molecule has 3 heterocycles. The Morgan fingerprint density at radius 3 is 2.20 bits per heavy atom. The zero-order valence-electron chi connectivity index (χ0n) is 17.0. The van der Waals surface area contributed by atoms with Gasteiger partial charge in [0.1, 0.15) is 5.82 Å². The number of anilines is 1. The Hall–Kier alpha value is -1.41. The fourth-order valence-corrected chi connectivity index (χ4v) is 4.81. The molecule has 3 fully saturated rings. The minimum Gasteiger partial charge on any atom is -0.340 e. The van der Waals surface area contributed by atoms with Crippen LogP contribution in [0.3, 0.4) is 0 Å². The first-order chi connectivity index (χ1) is 13.5. The van der Waals surface area contributed by atoms with E-state index in [9.17, 15) is 14.0 Å². The number of piperazine rings is 1. The molecule has 168 valence electrons. The number of benzene rings is 1. The van der Waals surface area contributed by atoms with E-state index in [-0.39, 0.29) is 49.0 Å². The van der Waals surface area contributed by atoms with Gasteiger partial charge in [0.05, 0.1) is 6.54 Å². The number of fused-ring (bicyclic) bond motifs is 2. The second-order valence-corrected chi connectivity index (χ2v) is 8.39. The topological polar surface area (TPSA) is 64.7 Å². The van der Waals surface area contributed by atoms with Gasteiger partial charge in [0.25, 0.3) is 0 Å². The summed E-state index contributed by atoms with van der Waals surface area (Å²) in [6, 6.07) is 7.00. The molecule has 6 nitrogen and oxygen atoms in total. The second-order valence-electron chi connectivity index (χ2n) is 8.39. The van der Waals surface area contributed by atoms with Gasteiger partial charge in [-0.25, -0.2) is 4.39 Å². The number of amides is 2. The molecule has 9 heteroatoms. The monoisotopic (exact) mass is 460 g/mol. The first kappa shape index (κ1) is 24.9. The summed E-state index contributed by atoms with van der Waals surface area (Å²) in [4.78, 5) is 28.9. The number of hydrogen-bond acceptors (Lipinski definition) is 4. The molecule has 3 aliphatic rings. The van der Waals surface area contributed by atoms with Crippen LogP contribution in [-0.4, -0.2) is 66.4 Å². The maximum atomic E-state index is 12.9. The van der Waals surface area contributed by atoms with E-state index in [1.807, 2.05) is 4.90 Å². The molecular weight excluding hydrogens is 430 g/mol. The van der Waals surface area contributed by atoms with Crippen molar-refractivity contribution in [2.75, 3.05) is 38.0 Å². The lowest BCUT2D eigenvalue weighted by Crippen LogP contribution is -2.51. The third-order valence-corrected chi connectivity index (χ3v) is 6.25. The van der Waals surface area contributed by atoms with Crippen LogP contribution in [-0.2, 0) is 9.59 Å². The van der Waals surface area contributed by atoms with Crippen molar-refractivity contribution in [2.45, 2.75) is 44.2 Å². The average molecular weight is 461 g/mol. The van der Waals surface area contributed by atoms with Crippen molar-refractivity contribution >= 4 is 42.3 Å². The Morgan fingerprint density at radius 1 is 1.00 bits per heavy atom. The highest BCUT2D eigenvalue weighted by Gasteiger charge is 2.35. The molecule has 2 N–H and O–H groups in total. The van der Waals surface area contributed by atoms with E-state index in [1.54, 1.807) is 12.1 Å². The Bertz CT molecular complexity index is 701. The van der Waals surface area contributed by atoms with E-state index in [0.29, 0.717) is 56.3 Å². The van der Waals surface area contributed by atoms with Crippen LogP contribution in [0.25, 0.3) is 0 Å². The molecule has 0 spiro atoms. The molecule has 3 saturated heterocycles. The molecule has 2 amide bonds. The van der Waals surface area contributed by atoms with Crippen LogP contribution in [0.5, 0.6) is 0 Å². The molecule has 0 radical (unpaired) electrons. The third kappa shape index (κ3) is 6.54. The number of nitrogens with one attached hydrogen (secondary N) is 2. The van der Waals surface area contributed by atoms with Crippen LogP contribution < -0.4 is 10.6 Å². The molecule has 30 heavy (non-hydrogen) atoms. The SMILES string of the molecule is Cl.Cl.O=C(CN1CCN(C(=O)CC2CC3CCC(C2)N3)CC1)Nc1ccc(F)cc1. The maximum absolute atomic E-state index is 12.9. The summed E-state index contributed by atoms with van der Waals surface area (Å²) < 4.78 is 12.9. The summed E-state index contributed by atoms with van der Waals surface area (Å²) in [5.74, 6) is 0.347. The molecule has 3 aliphatic heterocycles. The summed E-state index contributed by atoms with van der Waals surface area (Å²) in [6.45, 7) is 3.07. The van der Waals surface area contributed by atoms with Crippen molar-refractivity contribution < 1.29 is 14.0 Å². The largest absolute Gasteiger partial charge is 0.340 e. The summed E-state index contributed by atoms with van der Waals surface area (Å²) in [7, 11) is 0. The predicted octanol–water partition coefficient (Wildman–Crippen LogP) is 2.67. The van der Waals surface area contributed by atoms with Crippen LogP contribution in [0, 0.1) is 11.7 Å². The third-order valence-electron chi connectivity index (χ3n) is 6.25. The van der Waals surface area contributed by atoms with Gasteiger partial charge in [-0.1, -0.05) is 0 Å². The van der Waals surface area contributed by atoms with Gasteiger partial charge in [0.2, 0.25) is 11.8 Å². The van der Waals surface area contributed by atoms with Crippen LogP contribution in [0.15, 0.2) is 24.3 Å². The minimum absolute atomic E-state index is 0. The minimum atomic E-state index is -0.323. The molecule has 1 aromatic carbocycles. The molecule has 0 aliphatic carbocycles. The number of hydrogen-bond donors (Lipinski definition) is 2. The number of halogens is 3. The zero-order chi connectivity index (χ0) is 19.5. The smallest absolute Gasteiger partial charge is 0.238 e. The fraction of sp³-hybridized carbons (Fsp3) is 0.619. The van der Waals surface area contributed by atoms with Gasteiger partial charge < -0.3 is 15.5 Å². The van der Waals surface area contributed by atoms with Crippen molar-refractivity contribution in [3.63, 3.8) is 0 Å². The Labute approximate surface area is 189 Å². The van der Waals surface area contributed by atoms with Gasteiger partial charge >= 0.3 is 0 Å². The summed E-state index contributed by atoms with van der Waals surface area (Å²) >= 11 is 0. The number of carbonyl (C=O) groups is 2. The lowest BCUT2D eigenvalue weighted by atomic mass is 9.89. The number of carbonyl (C=O) groups excluding carboxylic acids is 2. The number of nitrogens with zero attached hydrogens (tertiary/aromatic N) is 2. The molecule has 2 atom stereocenters. The molecule has 0 saturated carbocycles. The van der Waals surface area contributed by atoms with Crippen molar-refractivity contribution in [1.82, 2.24) is 15.1 Å². The van der Waals surface area contributed by atoms with Gasteiger partial charge in [0.15, 0.2) is 0 Å². The van der Waals surface area contributed by atoms with E-state index in [4.69, 9.17) is 0 Å². The van der Waals surface area contributed by atoms with Crippen molar-refractivity contribution in [3.05, 3.63) is 30.1 Å². The van der Waals surface area contributed by atoms with Crippen molar-refractivity contribution in [2.24, 2.45) is 5.92 Å². The van der Waals surface area contributed by atoms with Crippen LogP contribution in [0.4, 0.5) is 10.1 Å². The zero-order valence-corrected chi connectivity index (χ0v) is 18.7. The van der Waals surface area contributed by atoms with Gasteiger partial charge in [-0.2, -0.15) is 0 Å². The average Bonchev–Trinajstić information content (AvgIpc) is 3.02. The first-order valence-corrected chi connectivity index (χ1v) is 10.4. The number of rotatable bonds is 5. The molecule has 2 bridgehead atoms. The predicted molar refractivity (Wildman–Crippen MR) is 120 cm³/mol. The molecular formula is C21H31Cl2FN4O2. The second kappa shape index (κ2) is 11.3. The molecule has 2 unspecified atom stereocenters. The quantitative estimate of drug-likeness (QED) is 0.708. The lowest BCUT2D eigenvalue weighted by Gasteiger charge is -2.36. The first-order valence-electron chi connectivity index (χ1n) is 10.4. The number of piperidine rings is 1. The molecule has 1 aromatic rings. The maximum Gasteiger partial charge on any atom is 0.238 e. The normalized spacial score (nSPS) is 25.8. The highest BCUT2D eigenvalue weighted by molar-refractivity contribution is 5.92. The van der Waals surface area contributed by atoms with E-state index in [2.05, 4.69) is 15.5 Å². The van der Waals surface area contributed by atoms with Crippen LogP contribution in [0.2, 0.25) is 0 Å². The highest BCUT2D eigenvalue weighted by Crippen LogP contribution is 2.33. The summed E-state index contributed by atoms with van der Waals surface area (Å²) in [6.07, 6.45) is 5.44. The van der Waals surface area contributed by atoms with E-state index < -0.39 is 0 Å². The van der Waals surface area contributed by atoms with Crippen LogP contribution >= 0.6 is 24.8 Å². The van der Waals surface area contributed by atoms with Gasteiger partial charge in [-0.15, -0.1) is 24.8 Å². The highest BCUT2D eigenvalue weighted by atomic mass is 35.5. The van der Waals surface area contributed by atoms with Crippen molar-refractivity contribution in [1.29, 1.82) is 0 Å². The van der Waals surface area contributed by atoms with E-state index >= 15 is 0 Å². The molecule has 4 rings (SSSR count).